The third kappa shape index (κ3) is 3.53. The Morgan fingerprint density at radius 2 is 1.65 bits per heavy atom. The summed E-state index contributed by atoms with van der Waals surface area (Å²) in [6, 6.07) is 5.00. The van der Waals surface area contributed by atoms with E-state index in [2.05, 4.69) is 33.0 Å². The van der Waals surface area contributed by atoms with Crippen LogP contribution in [0.15, 0.2) is 18.2 Å². The number of rotatable bonds is 6. The van der Waals surface area contributed by atoms with Crippen molar-refractivity contribution in [2.75, 3.05) is 27.3 Å². The minimum atomic E-state index is -0.990. The van der Waals surface area contributed by atoms with Gasteiger partial charge in [0.25, 0.3) is 5.91 Å². The number of methoxy groups -OCH3 is 2. The van der Waals surface area contributed by atoms with E-state index < -0.39 is 11.6 Å². The smallest absolute Gasteiger partial charge is 0.325 e. The molecule has 0 aromatic heterocycles. The van der Waals surface area contributed by atoms with E-state index in [-0.39, 0.29) is 41.0 Å². The number of para-hydroxylation sites is 1. The summed E-state index contributed by atoms with van der Waals surface area (Å²) >= 11 is 0. The Hall–Kier alpha value is -2.77. The van der Waals surface area contributed by atoms with Gasteiger partial charge in [0, 0.05) is 24.6 Å². The third-order valence-electron chi connectivity index (χ3n) is 9.00. The molecule has 1 unspecified atom stereocenters. The molecule has 8 nitrogen and oxygen atoms in total. The highest BCUT2D eigenvalue weighted by molar-refractivity contribution is 6.07. The van der Waals surface area contributed by atoms with E-state index in [1.165, 1.54) is 12.0 Å². The van der Waals surface area contributed by atoms with Crippen LogP contribution in [-0.2, 0) is 16.1 Å². The standard InChI is InChI=1S/C26H37N3O5/c1-24(2)20(25(24,3)4)21(30)28-13-11-17(12-14-28)26(5)22(31)29(23(32)27-26)15-16-9-8-10-18(33-6)19(16)34-7/h8-10,17,20H,11-15H2,1-7H3,(H,27,32). The van der Waals surface area contributed by atoms with E-state index in [4.69, 9.17) is 9.47 Å². The van der Waals surface area contributed by atoms with E-state index in [0.717, 1.165) is 0 Å². The summed E-state index contributed by atoms with van der Waals surface area (Å²) in [6.07, 6.45) is 1.36. The Morgan fingerprint density at radius 1 is 1.03 bits per heavy atom. The van der Waals surface area contributed by atoms with Crippen molar-refractivity contribution < 1.29 is 23.9 Å². The number of carbonyl (C=O) groups excluding carboxylic acids is 3. The number of piperidine rings is 1. The van der Waals surface area contributed by atoms with Gasteiger partial charge in [0.15, 0.2) is 11.5 Å². The van der Waals surface area contributed by atoms with Crippen LogP contribution in [0.1, 0.15) is 53.0 Å². The van der Waals surface area contributed by atoms with Crippen molar-refractivity contribution in [3.63, 3.8) is 0 Å². The Morgan fingerprint density at radius 3 is 2.18 bits per heavy atom. The zero-order valence-electron chi connectivity index (χ0n) is 21.4. The van der Waals surface area contributed by atoms with Gasteiger partial charge in [-0.05, 0) is 42.6 Å². The lowest BCUT2D eigenvalue weighted by atomic mass is 9.78. The van der Waals surface area contributed by atoms with Crippen LogP contribution >= 0.6 is 0 Å². The number of carbonyl (C=O) groups is 3. The number of imide groups is 1. The maximum Gasteiger partial charge on any atom is 0.325 e. The number of hydrogen-bond donors (Lipinski definition) is 1. The Kier molecular flexibility index (Phi) is 5.85. The highest BCUT2D eigenvalue weighted by atomic mass is 16.5. The minimum Gasteiger partial charge on any atom is -0.493 e. The minimum absolute atomic E-state index is 0.00395. The fourth-order valence-electron chi connectivity index (χ4n) is 6.06. The van der Waals surface area contributed by atoms with Crippen molar-refractivity contribution in [2.24, 2.45) is 22.7 Å². The van der Waals surface area contributed by atoms with Crippen molar-refractivity contribution >= 4 is 17.8 Å². The highest BCUT2D eigenvalue weighted by Crippen LogP contribution is 2.68. The SMILES string of the molecule is COc1cccc(CN2C(=O)NC(C)(C3CCN(C(=O)C4C(C)(C)C4(C)C)CC3)C2=O)c1OC. The molecule has 1 N–H and O–H groups in total. The second-order valence-electron chi connectivity index (χ2n) is 11.2. The average molecular weight is 472 g/mol. The van der Waals surface area contributed by atoms with Gasteiger partial charge in [-0.2, -0.15) is 0 Å². The maximum absolute atomic E-state index is 13.5. The molecule has 2 saturated heterocycles. The monoisotopic (exact) mass is 471 g/mol. The van der Waals surface area contributed by atoms with Gasteiger partial charge in [-0.1, -0.05) is 39.8 Å². The van der Waals surface area contributed by atoms with Crippen molar-refractivity contribution in [3.05, 3.63) is 23.8 Å². The molecule has 0 spiro atoms. The molecule has 3 fully saturated rings. The molecule has 186 valence electrons. The fourth-order valence-corrected chi connectivity index (χ4v) is 6.06. The van der Waals surface area contributed by atoms with Gasteiger partial charge in [0.1, 0.15) is 5.54 Å². The zero-order chi connectivity index (χ0) is 25.1. The number of likely N-dealkylation sites (tertiary alicyclic amines) is 1. The number of amides is 4. The largest absolute Gasteiger partial charge is 0.493 e. The average Bonchev–Trinajstić information content (AvgIpc) is 3.11. The van der Waals surface area contributed by atoms with Crippen LogP contribution < -0.4 is 14.8 Å². The van der Waals surface area contributed by atoms with Crippen molar-refractivity contribution in [1.29, 1.82) is 0 Å². The van der Waals surface area contributed by atoms with Crippen LogP contribution in [0.3, 0.4) is 0 Å². The molecule has 2 heterocycles. The molecule has 1 atom stereocenters. The quantitative estimate of drug-likeness (QED) is 0.642. The molecule has 1 aliphatic carbocycles. The van der Waals surface area contributed by atoms with Crippen molar-refractivity contribution in [2.45, 2.75) is 59.5 Å². The Balaban J connectivity index is 1.44. The first-order valence-electron chi connectivity index (χ1n) is 12.0. The summed E-state index contributed by atoms with van der Waals surface area (Å²) in [6.45, 7) is 11.7. The molecule has 1 aromatic rings. The summed E-state index contributed by atoms with van der Waals surface area (Å²) in [5.41, 5.74) is -0.283. The van der Waals surface area contributed by atoms with Crippen LogP contribution in [-0.4, -0.2) is 60.5 Å². The van der Waals surface area contributed by atoms with Crippen LogP contribution in [0.4, 0.5) is 4.79 Å². The fraction of sp³-hybridized carbons (Fsp3) is 0.654. The van der Waals surface area contributed by atoms with E-state index in [0.29, 0.717) is 43.0 Å². The van der Waals surface area contributed by atoms with Crippen LogP contribution in [0.5, 0.6) is 11.5 Å². The van der Waals surface area contributed by atoms with Gasteiger partial charge >= 0.3 is 6.03 Å². The summed E-state index contributed by atoms with van der Waals surface area (Å²) in [4.78, 5) is 42.7. The molecule has 2 aliphatic heterocycles. The van der Waals surface area contributed by atoms with Gasteiger partial charge in [-0.3, -0.25) is 14.5 Å². The van der Waals surface area contributed by atoms with Gasteiger partial charge in [-0.15, -0.1) is 0 Å². The van der Waals surface area contributed by atoms with E-state index >= 15 is 0 Å². The first kappa shape index (κ1) is 24.4. The molecule has 0 bridgehead atoms. The number of nitrogens with one attached hydrogen (secondary N) is 1. The number of urea groups is 1. The molecule has 0 radical (unpaired) electrons. The van der Waals surface area contributed by atoms with Crippen LogP contribution in [0.25, 0.3) is 0 Å². The normalized spacial score (nSPS) is 26.4. The molecule has 34 heavy (non-hydrogen) atoms. The lowest BCUT2D eigenvalue weighted by Gasteiger charge is -2.39. The van der Waals surface area contributed by atoms with E-state index in [9.17, 15) is 14.4 Å². The van der Waals surface area contributed by atoms with E-state index in [1.54, 1.807) is 13.2 Å². The summed E-state index contributed by atoms with van der Waals surface area (Å²) < 4.78 is 10.8. The molecule has 8 heteroatoms. The van der Waals surface area contributed by atoms with Crippen molar-refractivity contribution in [1.82, 2.24) is 15.1 Å². The maximum atomic E-state index is 13.5. The number of ether oxygens (including phenoxy) is 2. The Bertz CT molecular complexity index is 998. The second kappa shape index (κ2) is 8.17. The molecular weight excluding hydrogens is 434 g/mol. The number of benzene rings is 1. The van der Waals surface area contributed by atoms with Crippen LogP contribution in [0.2, 0.25) is 0 Å². The highest BCUT2D eigenvalue weighted by Gasteiger charge is 2.69. The Labute approximate surface area is 201 Å². The topological polar surface area (TPSA) is 88.2 Å². The van der Waals surface area contributed by atoms with Gasteiger partial charge < -0.3 is 19.7 Å². The molecule has 4 rings (SSSR count). The van der Waals surface area contributed by atoms with Gasteiger partial charge in [-0.25, -0.2) is 4.79 Å². The summed E-state index contributed by atoms with van der Waals surface area (Å²) in [7, 11) is 3.09. The van der Waals surface area contributed by atoms with Crippen LogP contribution in [0, 0.1) is 22.7 Å². The molecule has 1 aromatic carbocycles. The molecule has 3 aliphatic rings. The first-order chi connectivity index (χ1) is 15.9. The third-order valence-corrected chi connectivity index (χ3v) is 9.00. The predicted molar refractivity (Wildman–Crippen MR) is 127 cm³/mol. The zero-order valence-corrected chi connectivity index (χ0v) is 21.4. The molecular formula is C26H37N3O5. The molecule has 4 amide bonds. The second-order valence-corrected chi connectivity index (χ2v) is 11.2. The van der Waals surface area contributed by atoms with Gasteiger partial charge in [0.05, 0.1) is 20.8 Å². The lowest BCUT2D eigenvalue weighted by Crippen LogP contribution is -2.54. The first-order valence-corrected chi connectivity index (χ1v) is 12.0. The van der Waals surface area contributed by atoms with E-state index in [1.807, 2.05) is 24.0 Å². The number of nitrogens with zero attached hydrogens (tertiary/aromatic N) is 2. The van der Waals surface area contributed by atoms with Gasteiger partial charge in [0.2, 0.25) is 5.91 Å². The summed E-state index contributed by atoms with van der Waals surface area (Å²) in [5, 5.41) is 2.95. The lowest BCUT2D eigenvalue weighted by molar-refractivity contribution is -0.137. The van der Waals surface area contributed by atoms with Crippen molar-refractivity contribution in [3.8, 4) is 11.5 Å². The summed E-state index contributed by atoms with van der Waals surface area (Å²) in [5.74, 6) is 1.04. The molecule has 1 saturated carbocycles. The predicted octanol–water partition coefficient (Wildman–Crippen LogP) is 3.44. The number of hydrogen-bond acceptors (Lipinski definition) is 5.